The SMILES string of the molecule is C[C@@H]1O[C@@H](Oc2cc(O)c3c(=O)c(O[C@@H]4O[C@H](CO)[C@H](O)[C@H]4O)c(-c4ccc(O)cc4)oc3c2)[C@H](O)[C@H](O)[C@H]1O. The van der Waals surface area contributed by atoms with Crippen LogP contribution in [0.15, 0.2) is 45.6 Å². The molecule has 216 valence electrons. The topological polar surface area (TPSA) is 229 Å². The minimum absolute atomic E-state index is 0.0845. The van der Waals surface area contributed by atoms with Gasteiger partial charge in [-0.3, -0.25) is 4.79 Å². The zero-order valence-corrected chi connectivity index (χ0v) is 20.9. The van der Waals surface area contributed by atoms with E-state index in [9.17, 15) is 45.6 Å². The molecular weight excluding hydrogens is 536 g/mol. The number of hydrogen-bond donors (Lipinski definition) is 8. The molecule has 14 heteroatoms. The Labute approximate surface area is 225 Å². The van der Waals surface area contributed by atoms with Crippen molar-refractivity contribution < 1.29 is 64.2 Å². The van der Waals surface area contributed by atoms with E-state index in [2.05, 4.69) is 0 Å². The Morgan fingerprint density at radius 2 is 1.48 bits per heavy atom. The van der Waals surface area contributed by atoms with Gasteiger partial charge in [0.05, 0.1) is 12.7 Å². The molecule has 0 aliphatic carbocycles. The zero-order valence-electron chi connectivity index (χ0n) is 20.9. The lowest BCUT2D eigenvalue weighted by molar-refractivity contribution is -0.268. The van der Waals surface area contributed by atoms with Crippen LogP contribution < -0.4 is 14.9 Å². The van der Waals surface area contributed by atoms with Gasteiger partial charge in [0.2, 0.25) is 23.8 Å². The predicted molar refractivity (Wildman–Crippen MR) is 133 cm³/mol. The summed E-state index contributed by atoms with van der Waals surface area (Å²) in [7, 11) is 0. The van der Waals surface area contributed by atoms with Gasteiger partial charge in [-0.2, -0.15) is 0 Å². The summed E-state index contributed by atoms with van der Waals surface area (Å²) in [5.74, 6) is -1.54. The standard InChI is InChI=1S/C26H28O14/c1-9-17(30)20(33)22(35)25(36-9)37-12-6-13(29)16-14(7-12)38-23(10-2-4-11(28)5-3-10)24(19(16)32)40-26-21(34)18(31)15(8-27)39-26/h2-7,9,15,17-18,20-22,25-31,33-35H,8H2,1H3/t9-,15+,17-,18-,20+,21+,22+,25-,26-/m0/s1. The molecule has 0 spiro atoms. The number of aliphatic hydroxyl groups is 6. The van der Waals surface area contributed by atoms with Gasteiger partial charge in [0.25, 0.3) is 0 Å². The Hall–Kier alpha value is -3.47. The summed E-state index contributed by atoms with van der Waals surface area (Å²) in [4.78, 5) is 13.6. The number of phenolic OH excluding ortho intramolecular Hbond substituents is 2. The van der Waals surface area contributed by atoms with Gasteiger partial charge in [-0.05, 0) is 31.2 Å². The second-order valence-corrected chi connectivity index (χ2v) is 9.58. The normalized spacial score (nSPS) is 32.3. The second kappa shape index (κ2) is 10.8. The van der Waals surface area contributed by atoms with Crippen molar-refractivity contribution in [2.24, 2.45) is 0 Å². The van der Waals surface area contributed by atoms with E-state index in [0.29, 0.717) is 0 Å². The van der Waals surface area contributed by atoms with Gasteiger partial charge in [-0.15, -0.1) is 0 Å². The molecule has 9 atom stereocenters. The molecule has 0 bridgehead atoms. The fraction of sp³-hybridized carbons (Fsp3) is 0.423. The van der Waals surface area contributed by atoms with Gasteiger partial charge in [-0.25, -0.2) is 0 Å². The van der Waals surface area contributed by atoms with Gasteiger partial charge in [0.15, 0.2) is 5.76 Å². The Bertz CT molecular complexity index is 1420. The number of rotatable bonds is 6. The first-order chi connectivity index (χ1) is 19.0. The van der Waals surface area contributed by atoms with Gasteiger partial charge in [0, 0.05) is 17.7 Å². The lowest BCUT2D eigenvalue weighted by Crippen LogP contribution is -2.58. The molecule has 40 heavy (non-hydrogen) atoms. The third kappa shape index (κ3) is 4.95. The quantitative estimate of drug-likeness (QED) is 0.178. The second-order valence-electron chi connectivity index (χ2n) is 9.58. The van der Waals surface area contributed by atoms with Crippen molar-refractivity contribution in [2.45, 2.75) is 62.2 Å². The first-order valence-electron chi connectivity index (χ1n) is 12.3. The van der Waals surface area contributed by atoms with Crippen LogP contribution in [0.4, 0.5) is 0 Å². The lowest BCUT2D eigenvalue weighted by Gasteiger charge is -2.38. The average molecular weight is 564 g/mol. The van der Waals surface area contributed by atoms with E-state index in [-0.39, 0.29) is 33.8 Å². The van der Waals surface area contributed by atoms with Crippen LogP contribution in [0.3, 0.4) is 0 Å². The number of phenols is 2. The molecule has 3 heterocycles. The molecule has 0 saturated carbocycles. The Kier molecular flexibility index (Phi) is 7.60. The van der Waals surface area contributed by atoms with Crippen molar-refractivity contribution >= 4 is 11.0 Å². The van der Waals surface area contributed by atoms with Crippen LogP contribution >= 0.6 is 0 Å². The van der Waals surface area contributed by atoms with Crippen molar-refractivity contribution in [3.63, 3.8) is 0 Å². The highest BCUT2D eigenvalue weighted by Gasteiger charge is 2.45. The maximum atomic E-state index is 13.6. The van der Waals surface area contributed by atoms with E-state index in [0.717, 1.165) is 6.07 Å². The van der Waals surface area contributed by atoms with E-state index in [1.165, 1.54) is 37.3 Å². The Morgan fingerprint density at radius 3 is 2.12 bits per heavy atom. The molecule has 2 aliphatic heterocycles. The Balaban J connectivity index is 1.58. The monoisotopic (exact) mass is 564 g/mol. The molecule has 0 amide bonds. The van der Waals surface area contributed by atoms with Crippen LogP contribution in [-0.2, 0) is 9.47 Å². The number of ether oxygens (including phenoxy) is 4. The number of fused-ring (bicyclic) bond motifs is 1. The minimum Gasteiger partial charge on any atom is -0.508 e. The molecule has 2 fully saturated rings. The van der Waals surface area contributed by atoms with Gasteiger partial charge < -0.3 is 64.2 Å². The maximum absolute atomic E-state index is 13.6. The van der Waals surface area contributed by atoms with Gasteiger partial charge in [0.1, 0.15) is 64.8 Å². The van der Waals surface area contributed by atoms with Crippen LogP contribution in [0.2, 0.25) is 0 Å². The summed E-state index contributed by atoms with van der Waals surface area (Å²) >= 11 is 0. The third-order valence-electron chi connectivity index (χ3n) is 6.83. The van der Waals surface area contributed by atoms with Crippen LogP contribution in [-0.4, -0.2) is 103 Å². The van der Waals surface area contributed by atoms with E-state index in [1.807, 2.05) is 0 Å². The van der Waals surface area contributed by atoms with Crippen LogP contribution in [0.5, 0.6) is 23.0 Å². The van der Waals surface area contributed by atoms with E-state index in [4.69, 9.17) is 23.4 Å². The minimum atomic E-state index is -1.64. The molecule has 1 aromatic heterocycles. The third-order valence-corrected chi connectivity index (χ3v) is 6.83. The highest BCUT2D eigenvalue weighted by molar-refractivity contribution is 5.88. The summed E-state index contributed by atoms with van der Waals surface area (Å²) in [5.41, 5.74) is -0.857. The molecule has 2 aliphatic rings. The van der Waals surface area contributed by atoms with Crippen LogP contribution in [0, 0.1) is 0 Å². The zero-order chi connectivity index (χ0) is 28.9. The van der Waals surface area contributed by atoms with Crippen molar-refractivity contribution in [2.75, 3.05) is 6.61 Å². The molecule has 3 aromatic rings. The molecule has 14 nitrogen and oxygen atoms in total. The number of aromatic hydroxyl groups is 2. The van der Waals surface area contributed by atoms with Crippen molar-refractivity contribution in [3.8, 4) is 34.3 Å². The summed E-state index contributed by atoms with van der Waals surface area (Å²) < 4.78 is 27.9. The van der Waals surface area contributed by atoms with Crippen molar-refractivity contribution in [1.82, 2.24) is 0 Å². The number of benzene rings is 2. The summed E-state index contributed by atoms with van der Waals surface area (Å²) in [5, 5.41) is 80.2. The molecule has 8 N–H and O–H groups in total. The van der Waals surface area contributed by atoms with E-state index < -0.39 is 78.8 Å². The van der Waals surface area contributed by atoms with Crippen LogP contribution in [0.1, 0.15) is 6.92 Å². The fourth-order valence-electron chi connectivity index (χ4n) is 4.56. The summed E-state index contributed by atoms with van der Waals surface area (Å²) in [6, 6.07) is 7.70. The number of hydrogen-bond acceptors (Lipinski definition) is 14. The smallest absolute Gasteiger partial charge is 0.239 e. The van der Waals surface area contributed by atoms with Crippen molar-refractivity contribution in [1.29, 1.82) is 0 Å². The lowest BCUT2D eigenvalue weighted by atomic mass is 10.00. The molecule has 0 radical (unpaired) electrons. The summed E-state index contributed by atoms with van der Waals surface area (Å²) in [6.07, 6.45) is -12.8. The summed E-state index contributed by atoms with van der Waals surface area (Å²) in [6.45, 7) is 0.832. The molecule has 5 rings (SSSR count). The van der Waals surface area contributed by atoms with E-state index in [1.54, 1.807) is 0 Å². The average Bonchev–Trinajstić information content (AvgIpc) is 3.20. The Morgan fingerprint density at radius 1 is 0.825 bits per heavy atom. The molecule has 2 aromatic carbocycles. The first-order valence-corrected chi connectivity index (χ1v) is 12.3. The molecular formula is C26H28O14. The number of aliphatic hydroxyl groups excluding tert-OH is 6. The van der Waals surface area contributed by atoms with Crippen molar-refractivity contribution in [3.05, 3.63) is 46.6 Å². The first kappa shape index (κ1) is 28.1. The fourth-order valence-corrected chi connectivity index (χ4v) is 4.56. The highest BCUT2D eigenvalue weighted by atomic mass is 16.7. The maximum Gasteiger partial charge on any atom is 0.239 e. The van der Waals surface area contributed by atoms with Crippen LogP contribution in [0.25, 0.3) is 22.3 Å². The largest absolute Gasteiger partial charge is 0.508 e. The van der Waals surface area contributed by atoms with E-state index >= 15 is 0 Å². The van der Waals surface area contributed by atoms with Gasteiger partial charge >= 0.3 is 0 Å². The highest BCUT2D eigenvalue weighted by Crippen LogP contribution is 2.38. The van der Waals surface area contributed by atoms with Gasteiger partial charge in [-0.1, -0.05) is 0 Å². The molecule has 0 unspecified atom stereocenters. The predicted octanol–water partition coefficient (Wildman–Crippen LogP) is -1.10. The molecule has 2 saturated heterocycles.